The number of nitrogens with zero attached hydrogens (tertiary/aromatic N) is 3. The Morgan fingerprint density at radius 1 is 1.11 bits per heavy atom. The Morgan fingerprint density at radius 2 is 1.74 bits per heavy atom. The van der Waals surface area contributed by atoms with Crippen molar-refractivity contribution in [3.05, 3.63) is 88.0 Å². The van der Waals surface area contributed by atoms with Gasteiger partial charge in [0.25, 0.3) is 5.54 Å². The predicted molar refractivity (Wildman–Crippen MR) is 102 cm³/mol. The van der Waals surface area contributed by atoms with E-state index in [2.05, 4.69) is 0 Å². The van der Waals surface area contributed by atoms with Crippen LogP contribution >= 0.6 is 0 Å². The fourth-order valence-electron chi connectivity index (χ4n) is 4.23. The van der Waals surface area contributed by atoms with E-state index in [-0.39, 0.29) is 10.8 Å². The molecule has 1 amide bonds. The molecule has 2 aliphatic heterocycles. The fraction of sp³-hybridized carbons (Fsp3) is 0.286. The predicted octanol–water partition coefficient (Wildman–Crippen LogP) is 3.31. The summed E-state index contributed by atoms with van der Waals surface area (Å²) in [5.74, 6) is -0.0625. The first kappa shape index (κ1) is 17.4. The van der Waals surface area contributed by atoms with Gasteiger partial charge in [0.05, 0.1) is 0 Å². The first-order valence-corrected chi connectivity index (χ1v) is 9.05. The van der Waals surface area contributed by atoms with Crippen molar-refractivity contribution in [3.8, 4) is 0 Å². The number of hydrogen-bond donors (Lipinski definition) is 0. The molecule has 0 saturated carbocycles. The van der Waals surface area contributed by atoms with E-state index >= 15 is 0 Å². The normalized spacial score (nSPS) is 28.0. The summed E-state index contributed by atoms with van der Waals surface area (Å²) < 4.78 is 0. The lowest BCUT2D eigenvalue weighted by Gasteiger charge is -2.28. The number of benzene rings is 2. The Hall–Kier alpha value is -2.99. The van der Waals surface area contributed by atoms with Gasteiger partial charge in [-0.05, 0) is 11.1 Å². The molecule has 2 fully saturated rings. The summed E-state index contributed by atoms with van der Waals surface area (Å²) in [5, 5.41) is 15.7. The lowest BCUT2D eigenvalue weighted by Crippen LogP contribution is -2.49. The fourth-order valence-corrected chi connectivity index (χ4v) is 4.23. The number of amides is 1. The third kappa shape index (κ3) is 2.73. The molecule has 0 bridgehead atoms. The maximum Gasteiger partial charge on any atom is 0.265 e. The van der Waals surface area contributed by atoms with Crippen molar-refractivity contribution >= 4 is 12.0 Å². The highest BCUT2D eigenvalue weighted by Gasteiger charge is 2.66. The minimum Gasteiger partial charge on any atom is -0.273 e. The first-order valence-electron chi connectivity index (χ1n) is 9.05. The van der Waals surface area contributed by atoms with E-state index in [9.17, 15) is 14.9 Å². The molecule has 2 aromatic rings. The lowest BCUT2D eigenvalue weighted by atomic mass is 9.82. The molecule has 0 spiro atoms. The molecule has 27 heavy (non-hydrogen) atoms. The number of fused-ring (bicyclic) bond motifs is 1. The molecule has 6 nitrogen and oxygen atoms in total. The van der Waals surface area contributed by atoms with Gasteiger partial charge < -0.3 is 0 Å². The van der Waals surface area contributed by atoms with Crippen molar-refractivity contribution in [2.24, 2.45) is 0 Å². The first-order chi connectivity index (χ1) is 13.0. The second-order valence-electron chi connectivity index (χ2n) is 7.16. The molecule has 3 atom stereocenters. The van der Waals surface area contributed by atoms with Gasteiger partial charge >= 0.3 is 0 Å². The van der Waals surface area contributed by atoms with E-state index < -0.39 is 17.6 Å². The third-order valence-corrected chi connectivity index (χ3v) is 5.58. The molecular weight excluding hydrogens is 342 g/mol. The molecule has 2 heterocycles. The highest BCUT2D eigenvalue weighted by Crippen LogP contribution is 2.48. The smallest absolute Gasteiger partial charge is 0.265 e. The lowest BCUT2D eigenvalue weighted by molar-refractivity contribution is -0.570. The van der Waals surface area contributed by atoms with E-state index in [1.54, 1.807) is 11.9 Å². The van der Waals surface area contributed by atoms with Crippen LogP contribution in [-0.4, -0.2) is 39.0 Å². The zero-order valence-corrected chi connectivity index (χ0v) is 15.1. The summed E-state index contributed by atoms with van der Waals surface area (Å²) in [6.07, 6.45) is 4.15. The maximum absolute atomic E-state index is 12.6. The molecule has 6 heteroatoms. The van der Waals surface area contributed by atoms with Crippen LogP contribution < -0.4 is 0 Å². The Labute approximate surface area is 157 Å². The van der Waals surface area contributed by atoms with Crippen LogP contribution in [0.5, 0.6) is 0 Å². The number of carbonyl (C=O) groups is 1. The summed E-state index contributed by atoms with van der Waals surface area (Å²) in [5.41, 5.74) is 0.416. The summed E-state index contributed by atoms with van der Waals surface area (Å²) in [6.45, 7) is 2.14. The largest absolute Gasteiger partial charge is 0.273 e. The zero-order chi connectivity index (χ0) is 19.0. The van der Waals surface area contributed by atoms with Crippen molar-refractivity contribution in [1.29, 1.82) is 0 Å². The quantitative estimate of drug-likeness (QED) is 0.617. The average Bonchev–Trinajstić information content (AvgIpc) is 3.17. The van der Waals surface area contributed by atoms with E-state index in [0.717, 1.165) is 11.1 Å². The van der Waals surface area contributed by atoms with Crippen LogP contribution in [0, 0.1) is 10.1 Å². The minimum absolute atomic E-state index is 0.0625. The van der Waals surface area contributed by atoms with Crippen LogP contribution in [0.4, 0.5) is 0 Å². The average molecular weight is 363 g/mol. The van der Waals surface area contributed by atoms with Gasteiger partial charge in [0, 0.05) is 24.8 Å². The Balaban J connectivity index is 1.81. The molecule has 0 radical (unpaired) electrons. The second kappa shape index (κ2) is 6.63. The molecule has 4 rings (SSSR count). The van der Waals surface area contributed by atoms with E-state index in [1.165, 1.54) is 0 Å². The molecule has 138 valence electrons. The Kier molecular flexibility index (Phi) is 4.28. The highest BCUT2D eigenvalue weighted by molar-refractivity contribution is 5.79. The van der Waals surface area contributed by atoms with Crippen molar-refractivity contribution in [3.63, 3.8) is 0 Å². The Bertz CT molecular complexity index is 884. The summed E-state index contributed by atoms with van der Waals surface area (Å²) in [4.78, 5) is 24.7. The van der Waals surface area contributed by atoms with E-state index in [1.807, 2.05) is 77.8 Å². The number of hydrogen-bond acceptors (Lipinski definition) is 4. The summed E-state index contributed by atoms with van der Waals surface area (Å²) >= 11 is 0. The number of hydrazine groups is 1. The van der Waals surface area contributed by atoms with Crippen LogP contribution in [0.25, 0.3) is 6.08 Å². The van der Waals surface area contributed by atoms with Gasteiger partial charge in [-0.15, -0.1) is 0 Å². The van der Waals surface area contributed by atoms with E-state index in [0.29, 0.717) is 13.0 Å². The van der Waals surface area contributed by atoms with Gasteiger partial charge in [-0.1, -0.05) is 72.8 Å². The number of carbonyl (C=O) groups excluding carboxylic acids is 1. The van der Waals surface area contributed by atoms with Gasteiger partial charge in [-0.25, -0.2) is 5.01 Å². The van der Waals surface area contributed by atoms with E-state index in [4.69, 9.17) is 0 Å². The number of nitro groups is 1. The summed E-state index contributed by atoms with van der Waals surface area (Å²) in [6, 6.07) is 17.9. The van der Waals surface area contributed by atoms with Crippen LogP contribution in [0.3, 0.4) is 0 Å². The highest BCUT2D eigenvalue weighted by atomic mass is 16.6. The molecule has 2 aromatic carbocycles. The van der Waals surface area contributed by atoms with Crippen LogP contribution in [0.15, 0.2) is 66.7 Å². The maximum atomic E-state index is 12.6. The molecule has 0 aliphatic carbocycles. The topological polar surface area (TPSA) is 66.7 Å². The van der Waals surface area contributed by atoms with Crippen LogP contribution in [-0.2, 0) is 4.79 Å². The number of rotatable bonds is 4. The van der Waals surface area contributed by atoms with Gasteiger partial charge in [0.2, 0.25) is 5.91 Å². The van der Waals surface area contributed by atoms with Gasteiger partial charge in [-0.3, -0.25) is 19.9 Å². The van der Waals surface area contributed by atoms with Crippen molar-refractivity contribution < 1.29 is 9.72 Å². The SMILES string of the molecule is C[C@@]1([N+](=O)[O-])[C@H](/C=C\c2ccccc2)N2CCC(=O)N2[C@H]1c1ccccc1. The third-order valence-electron chi connectivity index (χ3n) is 5.58. The van der Waals surface area contributed by atoms with Gasteiger partial charge in [-0.2, -0.15) is 0 Å². The zero-order valence-electron chi connectivity index (χ0n) is 15.1. The van der Waals surface area contributed by atoms with Gasteiger partial charge in [0.15, 0.2) is 0 Å². The second-order valence-corrected chi connectivity index (χ2v) is 7.16. The van der Waals surface area contributed by atoms with Crippen molar-refractivity contribution in [1.82, 2.24) is 10.0 Å². The molecule has 0 unspecified atom stereocenters. The van der Waals surface area contributed by atoms with Crippen LogP contribution in [0.1, 0.15) is 30.5 Å². The molecule has 2 saturated heterocycles. The molecule has 0 aromatic heterocycles. The van der Waals surface area contributed by atoms with Gasteiger partial charge in [0.1, 0.15) is 12.1 Å². The van der Waals surface area contributed by atoms with Crippen molar-refractivity contribution in [2.75, 3.05) is 6.54 Å². The monoisotopic (exact) mass is 363 g/mol. The van der Waals surface area contributed by atoms with Crippen LogP contribution in [0.2, 0.25) is 0 Å². The Morgan fingerprint density at radius 3 is 2.37 bits per heavy atom. The molecular formula is C21H21N3O3. The standard InChI is InChI=1S/C21H21N3O3/c1-21(24(26)27)18(13-12-16-8-4-2-5-9-16)22-15-14-19(25)23(22)20(21)17-10-6-3-7-11-17/h2-13,18,20H,14-15H2,1H3/b13-12-/t18-,20-,21+/m0/s1. The molecule has 2 aliphatic rings. The summed E-state index contributed by atoms with van der Waals surface area (Å²) in [7, 11) is 0. The molecule has 0 N–H and O–H groups in total. The minimum atomic E-state index is -1.34. The van der Waals surface area contributed by atoms with Crippen molar-refractivity contribution in [2.45, 2.75) is 31.0 Å².